The molecule has 3 aliphatic carbocycles. The fraction of sp³-hybridized carbons (Fsp3) is 0.655. The van der Waals surface area contributed by atoms with Crippen LogP contribution in [0.1, 0.15) is 94.6 Å². The first-order valence-corrected chi connectivity index (χ1v) is 15.2. The molecule has 3 aliphatic rings. The highest BCUT2D eigenvalue weighted by Crippen LogP contribution is 2.67. The zero-order valence-electron chi connectivity index (χ0n) is 22.2. The van der Waals surface area contributed by atoms with E-state index in [0.717, 1.165) is 19.3 Å². The lowest BCUT2D eigenvalue weighted by Gasteiger charge is -2.56. The Labute approximate surface area is 224 Å². The van der Waals surface area contributed by atoms with Crippen molar-refractivity contribution in [1.82, 2.24) is 0 Å². The molecule has 0 saturated heterocycles. The fourth-order valence-corrected chi connectivity index (χ4v) is 8.39. The Hall–Kier alpha value is -1.84. The minimum absolute atomic E-state index is 0.0275. The maximum Gasteiger partial charge on any atom is 0.359 e. The summed E-state index contributed by atoms with van der Waals surface area (Å²) in [5.74, 6) is -0.707. The number of halogens is 3. The van der Waals surface area contributed by atoms with Gasteiger partial charge in [0.25, 0.3) is 0 Å². The molecule has 2 N–H and O–H groups in total. The van der Waals surface area contributed by atoms with Crippen LogP contribution in [0.5, 0.6) is 0 Å². The molecule has 0 bridgehead atoms. The number of hydrogen-bond donors (Lipinski definition) is 2. The molecule has 1 aromatic rings. The van der Waals surface area contributed by atoms with Crippen LogP contribution in [0.15, 0.2) is 42.8 Å². The Bertz CT molecular complexity index is 1150. The number of unbranched alkanes of at least 4 members (excludes halogenated alkanes) is 3. The summed E-state index contributed by atoms with van der Waals surface area (Å²) in [6, 6.07) is 5.83. The first-order chi connectivity index (χ1) is 18.0. The normalized spacial score (nSPS) is 29.1. The van der Waals surface area contributed by atoms with Crippen molar-refractivity contribution < 1.29 is 30.9 Å². The van der Waals surface area contributed by atoms with Gasteiger partial charge < -0.3 is 5.11 Å². The van der Waals surface area contributed by atoms with Crippen molar-refractivity contribution in [1.29, 1.82) is 0 Å². The topological polar surface area (TPSA) is 75.6 Å². The molecule has 1 aromatic carbocycles. The van der Waals surface area contributed by atoms with E-state index in [9.17, 15) is 26.7 Å². The summed E-state index contributed by atoms with van der Waals surface area (Å²) >= 11 is 0. The van der Waals surface area contributed by atoms with Crippen LogP contribution >= 0.6 is 0 Å². The lowest BCUT2D eigenvalue weighted by molar-refractivity contribution is 0.00462. The van der Waals surface area contributed by atoms with Crippen LogP contribution in [0.25, 0.3) is 0 Å². The number of hydrogen-bond acceptors (Lipinski definition) is 4. The zero-order valence-corrected chi connectivity index (χ0v) is 23.0. The first kappa shape index (κ1) is 29.2. The Kier molecular flexibility index (Phi) is 8.99. The number of aliphatic hydroxyl groups is 1. The van der Waals surface area contributed by atoms with Crippen LogP contribution in [0, 0.1) is 16.7 Å². The maximum atomic E-state index is 12.9. The quantitative estimate of drug-likeness (QED) is 0.206. The molecular weight excluding hydrogens is 515 g/mol. The zero-order chi connectivity index (χ0) is 27.6. The molecule has 212 valence electrons. The van der Waals surface area contributed by atoms with E-state index < -0.39 is 28.3 Å². The average Bonchev–Trinajstić information content (AvgIpc) is 3.29. The third kappa shape index (κ3) is 5.99. The van der Waals surface area contributed by atoms with Crippen LogP contribution in [-0.2, 0) is 20.9 Å². The highest BCUT2D eigenvalue weighted by atomic mass is 32.2. The van der Waals surface area contributed by atoms with Gasteiger partial charge in [-0.2, -0.15) is 17.2 Å². The second-order valence-corrected chi connectivity index (χ2v) is 13.0. The summed E-state index contributed by atoms with van der Waals surface area (Å²) in [4.78, 5) is 0. The van der Waals surface area contributed by atoms with E-state index in [-0.39, 0.29) is 18.4 Å². The molecule has 0 heterocycles. The van der Waals surface area contributed by atoms with Gasteiger partial charge in [0.15, 0.2) is 5.83 Å². The van der Waals surface area contributed by atoms with E-state index in [1.54, 1.807) is 0 Å². The van der Waals surface area contributed by atoms with E-state index in [4.69, 9.17) is 4.18 Å². The molecule has 2 saturated carbocycles. The number of nitrogens with one attached hydrogen (secondary N) is 1. The smallest absolute Gasteiger partial charge is 0.359 e. The van der Waals surface area contributed by atoms with Crippen LogP contribution in [0.2, 0.25) is 0 Å². The van der Waals surface area contributed by atoms with Gasteiger partial charge in [0.1, 0.15) is 6.10 Å². The van der Waals surface area contributed by atoms with Crippen molar-refractivity contribution in [3.05, 3.63) is 53.9 Å². The molecule has 0 unspecified atom stereocenters. The number of aliphatic hydroxyl groups excluding tert-OH is 1. The van der Waals surface area contributed by atoms with Crippen LogP contribution < -0.4 is 4.72 Å². The Morgan fingerprint density at radius 3 is 2.68 bits per heavy atom. The van der Waals surface area contributed by atoms with Crippen molar-refractivity contribution in [3.63, 3.8) is 0 Å². The third-order valence-corrected chi connectivity index (χ3v) is 10.4. The summed E-state index contributed by atoms with van der Waals surface area (Å²) < 4.78 is 69.7. The van der Waals surface area contributed by atoms with Gasteiger partial charge >= 0.3 is 16.4 Å². The Balaban J connectivity index is 1.28. The molecular formula is C29H40F3NO4S. The van der Waals surface area contributed by atoms with Crippen molar-refractivity contribution >= 4 is 16.0 Å². The van der Waals surface area contributed by atoms with Crippen LogP contribution in [-0.4, -0.2) is 26.2 Å². The third-order valence-electron chi connectivity index (χ3n) is 9.44. The van der Waals surface area contributed by atoms with Gasteiger partial charge in [0, 0.05) is 0 Å². The van der Waals surface area contributed by atoms with Crippen LogP contribution in [0.4, 0.5) is 18.9 Å². The number of anilines is 1. The van der Waals surface area contributed by atoms with E-state index in [1.807, 2.05) is 12.1 Å². The Morgan fingerprint density at radius 1 is 1.18 bits per heavy atom. The monoisotopic (exact) mass is 555 g/mol. The van der Waals surface area contributed by atoms with Gasteiger partial charge in [-0.3, -0.25) is 8.91 Å². The second-order valence-electron chi connectivity index (χ2n) is 11.6. The minimum atomic E-state index is -3.99. The predicted octanol–water partition coefficient (Wildman–Crippen LogP) is 7.55. The summed E-state index contributed by atoms with van der Waals surface area (Å²) in [6.07, 6.45) is 7.86. The number of benzene rings is 1. The van der Waals surface area contributed by atoms with E-state index in [1.165, 1.54) is 36.8 Å². The standard InChI is InChI=1S/C29H40F3NO4S/c1-3-29-17-13-20-19-21(11-12-22(20)23(29)14-16-28(2)15-8-10-25(28)29)33-38(35,36)37-18-7-5-4-6-9-24(34)26(30)27(31)32/h3,11-12,19,23-25,33-34H,1,4-10,13-18H2,2H3/t23-,24-,25-,28+,29-/m1/s1. The highest BCUT2D eigenvalue weighted by molar-refractivity contribution is 7.88. The Morgan fingerprint density at radius 2 is 1.95 bits per heavy atom. The number of allylic oxidation sites excluding steroid dienone is 1. The van der Waals surface area contributed by atoms with Crippen LogP contribution in [0.3, 0.4) is 0 Å². The molecule has 4 rings (SSSR count). The van der Waals surface area contributed by atoms with Crippen molar-refractivity contribution in [3.8, 4) is 0 Å². The van der Waals surface area contributed by atoms with Gasteiger partial charge in [-0.15, -0.1) is 6.58 Å². The predicted molar refractivity (Wildman–Crippen MR) is 143 cm³/mol. The molecule has 0 aromatic heterocycles. The van der Waals surface area contributed by atoms with Crippen molar-refractivity contribution in [2.45, 2.75) is 96.0 Å². The van der Waals surface area contributed by atoms with E-state index in [0.29, 0.717) is 48.6 Å². The molecule has 5 atom stereocenters. The molecule has 0 aliphatic heterocycles. The maximum absolute atomic E-state index is 12.9. The van der Waals surface area contributed by atoms with Gasteiger partial charge in [0.05, 0.1) is 12.3 Å². The highest BCUT2D eigenvalue weighted by Gasteiger charge is 2.57. The average molecular weight is 556 g/mol. The van der Waals surface area contributed by atoms with Gasteiger partial charge in [0.2, 0.25) is 0 Å². The minimum Gasteiger partial charge on any atom is -0.386 e. The molecule has 0 amide bonds. The number of fused-ring (bicyclic) bond motifs is 5. The van der Waals surface area contributed by atoms with E-state index >= 15 is 0 Å². The molecule has 9 heteroatoms. The first-order valence-electron chi connectivity index (χ1n) is 13.8. The van der Waals surface area contributed by atoms with Gasteiger partial charge in [-0.25, -0.2) is 4.39 Å². The number of rotatable bonds is 12. The largest absolute Gasteiger partial charge is 0.386 e. The molecule has 0 radical (unpaired) electrons. The summed E-state index contributed by atoms with van der Waals surface area (Å²) in [5, 5.41) is 9.31. The van der Waals surface area contributed by atoms with Crippen molar-refractivity contribution in [2.75, 3.05) is 11.3 Å². The van der Waals surface area contributed by atoms with Gasteiger partial charge in [-0.05, 0) is 97.3 Å². The molecule has 0 spiro atoms. The summed E-state index contributed by atoms with van der Waals surface area (Å²) in [7, 11) is -3.99. The number of aryl methyl sites for hydroxylation is 1. The lowest BCUT2D eigenvalue weighted by atomic mass is 9.47. The molecule has 5 nitrogen and oxygen atoms in total. The summed E-state index contributed by atoms with van der Waals surface area (Å²) in [6.45, 7) is 6.73. The van der Waals surface area contributed by atoms with Crippen molar-refractivity contribution in [2.24, 2.45) is 16.7 Å². The van der Waals surface area contributed by atoms with E-state index in [2.05, 4.69) is 30.4 Å². The fourth-order valence-electron chi connectivity index (χ4n) is 7.58. The second kappa shape index (κ2) is 11.7. The summed E-state index contributed by atoms with van der Waals surface area (Å²) in [5.41, 5.74) is 3.52. The lowest BCUT2D eigenvalue weighted by Crippen LogP contribution is -2.47. The molecule has 38 heavy (non-hydrogen) atoms. The van der Waals surface area contributed by atoms with Gasteiger partial charge in [-0.1, -0.05) is 44.7 Å². The SMILES string of the molecule is C=C[C@@]12CCc3cc(NS(=O)(=O)OCCCCCC[C@@H](O)C(F)=C(F)F)ccc3[C@H]1CC[C@]1(C)CCC[C@H]12. The molecule has 2 fully saturated rings.